The van der Waals surface area contributed by atoms with E-state index in [0.717, 1.165) is 24.8 Å². The van der Waals surface area contributed by atoms with Gasteiger partial charge in [-0.2, -0.15) is 0 Å². The van der Waals surface area contributed by atoms with Crippen molar-refractivity contribution in [1.29, 1.82) is 5.41 Å². The summed E-state index contributed by atoms with van der Waals surface area (Å²) >= 11 is 0. The van der Waals surface area contributed by atoms with E-state index in [1.165, 1.54) is 19.3 Å². The number of hydrogen-bond donors (Lipinski definition) is 2. The maximum atomic E-state index is 7.40. The van der Waals surface area contributed by atoms with Crippen molar-refractivity contribution in [2.75, 3.05) is 18.0 Å². The molecule has 1 saturated heterocycles. The minimum atomic E-state index is 0.0373. The van der Waals surface area contributed by atoms with Crippen molar-refractivity contribution in [1.82, 2.24) is 4.98 Å². The van der Waals surface area contributed by atoms with Crippen LogP contribution in [0.1, 0.15) is 31.9 Å². The quantitative estimate of drug-likeness (QED) is 0.618. The maximum Gasteiger partial charge on any atom is 0.141 e. The highest BCUT2D eigenvalue weighted by molar-refractivity contribution is 5.93. The Kier molecular flexibility index (Phi) is 3.61. The molecule has 1 aromatic heterocycles. The average molecular weight is 232 g/mol. The lowest BCUT2D eigenvalue weighted by Gasteiger charge is -2.32. The van der Waals surface area contributed by atoms with Crippen LogP contribution in [-0.2, 0) is 0 Å². The number of pyridine rings is 1. The number of hydrogen-bond acceptors (Lipinski definition) is 3. The average Bonchev–Trinajstić information content (AvgIpc) is 2.39. The number of nitrogens with zero attached hydrogens (tertiary/aromatic N) is 2. The third-order valence-corrected chi connectivity index (χ3v) is 3.53. The minimum Gasteiger partial charge on any atom is -0.382 e. The predicted molar refractivity (Wildman–Crippen MR) is 70.5 cm³/mol. The zero-order valence-corrected chi connectivity index (χ0v) is 10.3. The number of piperidine rings is 1. The number of nitrogens with two attached hydrogens (primary N) is 1. The summed E-state index contributed by atoms with van der Waals surface area (Å²) in [7, 11) is 0. The Morgan fingerprint density at radius 2 is 2.18 bits per heavy atom. The zero-order valence-electron chi connectivity index (χ0n) is 10.3. The molecule has 1 fully saturated rings. The topological polar surface area (TPSA) is 66.0 Å². The van der Waals surface area contributed by atoms with Gasteiger partial charge in [0.15, 0.2) is 0 Å². The van der Waals surface area contributed by atoms with E-state index in [1.807, 2.05) is 12.1 Å². The van der Waals surface area contributed by atoms with Gasteiger partial charge in [-0.05, 0) is 30.9 Å². The highest BCUT2D eigenvalue weighted by Crippen LogP contribution is 2.23. The number of aromatic nitrogens is 1. The third-order valence-electron chi connectivity index (χ3n) is 3.53. The molecule has 3 N–H and O–H groups in total. The number of rotatable bonds is 3. The Morgan fingerprint density at radius 3 is 2.76 bits per heavy atom. The van der Waals surface area contributed by atoms with Gasteiger partial charge in [0, 0.05) is 13.1 Å². The molecule has 0 aliphatic carbocycles. The van der Waals surface area contributed by atoms with E-state index in [-0.39, 0.29) is 5.84 Å². The van der Waals surface area contributed by atoms with Gasteiger partial charge < -0.3 is 10.6 Å². The molecule has 0 unspecified atom stereocenters. The number of amidine groups is 1. The lowest BCUT2D eigenvalue weighted by molar-refractivity contribution is 0.394. The van der Waals surface area contributed by atoms with E-state index >= 15 is 0 Å². The predicted octanol–water partition coefficient (Wildman–Crippen LogP) is 1.99. The summed E-state index contributed by atoms with van der Waals surface area (Å²) in [4.78, 5) is 6.71. The fraction of sp³-hybridized carbons (Fsp3) is 0.538. The number of nitrogens with one attached hydrogen (secondary N) is 1. The molecule has 1 aromatic rings. The molecule has 4 heteroatoms. The third kappa shape index (κ3) is 2.75. The van der Waals surface area contributed by atoms with Gasteiger partial charge in [-0.25, -0.2) is 4.98 Å². The smallest absolute Gasteiger partial charge is 0.141 e. The molecule has 1 aliphatic rings. The normalized spacial score (nSPS) is 17.1. The van der Waals surface area contributed by atoms with Gasteiger partial charge in [-0.1, -0.05) is 19.4 Å². The van der Waals surface area contributed by atoms with Crippen LogP contribution in [0.5, 0.6) is 0 Å². The van der Waals surface area contributed by atoms with E-state index in [1.54, 1.807) is 6.07 Å². The molecule has 17 heavy (non-hydrogen) atoms. The van der Waals surface area contributed by atoms with E-state index in [9.17, 15) is 0 Å². The van der Waals surface area contributed by atoms with Gasteiger partial charge in [-0.15, -0.1) is 0 Å². The summed E-state index contributed by atoms with van der Waals surface area (Å²) in [6.07, 6.45) is 3.75. The lowest BCUT2D eigenvalue weighted by atomic mass is 9.94. The first-order valence-electron chi connectivity index (χ1n) is 6.27. The molecule has 1 aliphatic heterocycles. The molecule has 0 atom stereocenters. The summed E-state index contributed by atoms with van der Waals surface area (Å²) in [6, 6.07) is 5.70. The van der Waals surface area contributed by atoms with Crippen molar-refractivity contribution in [3.05, 3.63) is 23.9 Å². The van der Waals surface area contributed by atoms with Crippen molar-refractivity contribution >= 4 is 11.7 Å². The van der Waals surface area contributed by atoms with Crippen molar-refractivity contribution in [3.63, 3.8) is 0 Å². The molecule has 2 heterocycles. The maximum absolute atomic E-state index is 7.40. The van der Waals surface area contributed by atoms with Gasteiger partial charge in [0.25, 0.3) is 0 Å². The number of anilines is 1. The second kappa shape index (κ2) is 5.17. The van der Waals surface area contributed by atoms with Gasteiger partial charge >= 0.3 is 0 Å². The van der Waals surface area contributed by atoms with Crippen molar-refractivity contribution in [2.24, 2.45) is 11.7 Å². The van der Waals surface area contributed by atoms with Crippen molar-refractivity contribution < 1.29 is 0 Å². The fourth-order valence-corrected chi connectivity index (χ4v) is 2.32. The highest BCUT2D eigenvalue weighted by Gasteiger charge is 2.18. The van der Waals surface area contributed by atoms with E-state index in [0.29, 0.717) is 5.69 Å². The van der Waals surface area contributed by atoms with Crippen LogP contribution < -0.4 is 10.6 Å². The van der Waals surface area contributed by atoms with Crippen molar-refractivity contribution in [3.8, 4) is 0 Å². The van der Waals surface area contributed by atoms with Gasteiger partial charge in [0.1, 0.15) is 17.3 Å². The molecular weight excluding hydrogens is 212 g/mol. The lowest BCUT2D eigenvalue weighted by Crippen LogP contribution is -2.34. The first kappa shape index (κ1) is 11.9. The van der Waals surface area contributed by atoms with Crippen LogP contribution in [0.3, 0.4) is 0 Å². The molecule has 0 saturated carbocycles. The van der Waals surface area contributed by atoms with E-state index < -0.39 is 0 Å². The second-order valence-electron chi connectivity index (χ2n) is 4.63. The number of nitrogen functional groups attached to an aromatic ring is 1. The Bertz CT molecular complexity index is 394. The molecule has 4 nitrogen and oxygen atoms in total. The Hall–Kier alpha value is -1.58. The summed E-state index contributed by atoms with van der Waals surface area (Å²) in [5.41, 5.74) is 6.03. The molecular formula is C13H20N4. The minimum absolute atomic E-state index is 0.0373. The van der Waals surface area contributed by atoms with Crippen LogP contribution >= 0.6 is 0 Å². The summed E-state index contributed by atoms with van der Waals surface area (Å²) in [5, 5.41) is 7.40. The van der Waals surface area contributed by atoms with Crippen LogP contribution in [0.4, 0.5) is 5.82 Å². The Balaban J connectivity index is 2.08. The molecule has 0 bridgehead atoms. The standard InChI is InChI=1S/C13H20N4/c1-2-10-6-8-17(9-7-10)12-5-3-4-11(16-12)13(14)15/h3-5,10H,2,6-9H2,1H3,(H3,14,15). The van der Waals surface area contributed by atoms with Gasteiger partial charge in [0.05, 0.1) is 0 Å². The summed E-state index contributed by atoms with van der Waals surface area (Å²) in [6.45, 7) is 4.38. The van der Waals surface area contributed by atoms with Gasteiger partial charge in [0.2, 0.25) is 0 Å². The molecule has 0 spiro atoms. The second-order valence-corrected chi connectivity index (χ2v) is 4.63. The molecule has 92 valence electrons. The molecule has 2 rings (SSSR count). The Morgan fingerprint density at radius 1 is 1.47 bits per heavy atom. The monoisotopic (exact) mass is 232 g/mol. The first-order chi connectivity index (χ1) is 8.20. The van der Waals surface area contributed by atoms with Crippen LogP contribution in [0, 0.1) is 11.3 Å². The molecule has 0 radical (unpaired) electrons. The van der Waals surface area contributed by atoms with Gasteiger partial charge in [-0.3, -0.25) is 5.41 Å². The highest BCUT2D eigenvalue weighted by atomic mass is 15.2. The van der Waals surface area contributed by atoms with E-state index in [2.05, 4.69) is 16.8 Å². The summed E-state index contributed by atoms with van der Waals surface area (Å²) < 4.78 is 0. The summed E-state index contributed by atoms with van der Waals surface area (Å²) in [5.74, 6) is 1.85. The van der Waals surface area contributed by atoms with E-state index in [4.69, 9.17) is 11.1 Å². The van der Waals surface area contributed by atoms with Crippen LogP contribution in [0.2, 0.25) is 0 Å². The Labute approximate surface area is 102 Å². The largest absolute Gasteiger partial charge is 0.382 e. The fourth-order valence-electron chi connectivity index (χ4n) is 2.32. The molecule has 0 amide bonds. The van der Waals surface area contributed by atoms with Crippen LogP contribution in [-0.4, -0.2) is 23.9 Å². The first-order valence-corrected chi connectivity index (χ1v) is 6.27. The van der Waals surface area contributed by atoms with Crippen LogP contribution in [0.25, 0.3) is 0 Å². The van der Waals surface area contributed by atoms with Crippen LogP contribution in [0.15, 0.2) is 18.2 Å². The zero-order chi connectivity index (χ0) is 12.3. The SMILES string of the molecule is CCC1CCN(c2cccc(C(=N)N)n2)CC1. The van der Waals surface area contributed by atoms with Crippen molar-refractivity contribution in [2.45, 2.75) is 26.2 Å². The molecule has 0 aromatic carbocycles.